The van der Waals surface area contributed by atoms with Crippen LogP contribution in [0, 0.1) is 0 Å². The molecular formula is C15H16N2O2S. The van der Waals surface area contributed by atoms with Crippen molar-refractivity contribution in [3.8, 4) is 5.75 Å². The Morgan fingerprint density at radius 3 is 2.95 bits per heavy atom. The summed E-state index contributed by atoms with van der Waals surface area (Å²) in [4.78, 5) is 15.0. The van der Waals surface area contributed by atoms with Crippen LogP contribution in [0.5, 0.6) is 5.75 Å². The molecule has 2 aromatic rings. The minimum absolute atomic E-state index is 0.0204. The quantitative estimate of drug-likeness (QED) is 0.864. The lowest BCUT2D eigenvalue weighted by molar-refractivity contribution is 0.0777. The van der Waals surface area contributed by atoms with Crippen LogP contribution in [-0.4, -0.2) is 31.0 Å². The highest BCUT2D eigenvalue weighted by Gasteiger charge is 2.22. The van der Waals surface area contributed by atoms with E-state index >= 15 is 0 Å². The van der Waals surface area contributed by atoms with Gasteiger partial charge in [0.2, 0.25) is 0 Å². The van der Waals surface area contributed by atoms with Gasteiger partial charge in [-0.05, 0) is 24.6 Å². The Morgan fingerprint density at radius 1 is 1.40 bits per heavy atom. The lowest BCUT2D eigenvalue weighted by Gasteiger charge is -2.22. The number of nitrogens with two attached hydrogens (primary N) is 1. The summed E-state index contributed by atoms with van der Waals surface area (Å²) in [5.41, 5.74) is 6.72. The van der Waals surface area contributed by atoms with Crippen molar-refractivity contribution in [1.82, 2.24) is 4.90 Å². The van der Waals surface area contributed by atoms with Gasteiger partial charge in [0.15, 0.2) is 0 Å². The number of hydrogen-bond donors (Lipinski definition) is 1. The van der Waals surface area contributed by atoms with E-state index in [0.717, 1.165) is 28.8 Å². The fraction of sp³-hybridized carbons (Fsp3) is 0.267. The molecule has 1 aliphatic heterocycles. The molecular weight excluding hydrogens is 272 g/mol. The van der Waals surface area contributed by atoms with Crippen LogP contribution in [0.2, 0.25) is 0 Å². The Kier molecular flexibility index (Phi) is 3.36. The molecule has 0 radical (unpaired) electrons. The van der Waals surface area contributed by atoms with E-state index in [1.165, 1.54) is 11.3 Å². The second kappa shape index (κ2) is 5.17. The molecule has 104 valence electrons. The smallest absolute Gasteiger partial charge is 0.266 e. The summed E-state index contributed by atoms with van der Waals surface area (Å²) >= 11 is 1.43. The number of thiophene rings is 1. The molecule has 1 aromatic heterocycles. The van der Waals surface area contributed by atoms with Crippen molar-refractivity contribution in [2.75, 3.05) is 25.9 Å². The molecule has 0 saturated heterocycles. The Balaban J connectivity index is 2.00. The monoisotopic (exact) mass is 288 g/mol. The van der Waals surface area contributed by atoms with Gasteiger partial charge in [-0.25, -0.2) is 0 Å². The first kappa shape index (κ1) is 13.0. The number of amides is 1. The zero-order valence-electron chi connectivity index (χ0n) is 11.3. The van der Waals surface area contributed by atoms with E-state index in [4.69, 9.17) is 10.5 Å². The molecule has 0 fully saturated rings. The number of methoxy groups -OCH3 is 1. The summed E-state index contributed by atoms with van der Waals surface area (Å²) in [5, 5.41) is 0.923. The minimum atomic E-state index is 0.0204. The molecule has 20 heavy (non-hydrogen) atoms. The molecule has 0 spiro atoms. The fourth-order valence-electron chi connectivity index (χ4n) is 2.35. The predicted octanol–water partition coefficient (Wildman–Crippen LogP) is 2.89. The Hall–Kier alpha value is -2.01. The molecule has 0 bridgehead atoms. The molecule has 0 atom stereocenters. The minimum Gasteiger partial charge on any atom is -0.497 e. The summed E-state index contributed by atoms with van der Waals surface area (Å²) in [5.74, 6) is 0.797. The molecule has 2 N–H and O–H groups in total. The van der Waals surface area contributed by atoms with Gasteiger partial charge in [-0.1, -0.05) is 12.2 Å². The number of carbonyl (C=O) groups is 1. The van der Waals surface area contributed by atoms with Gasteiger partial charge in [-0.2, -0.15) is 0 Å². The highest BCUT2D eigenvalue weighted by atomic mass is 32.1. The average Bonchev–Trinajstić information content (AvgIpc) is 2.84. The topological polar surface area (TPSA) is 55.6 Å². The molecule has 1 amide bonds. The first-order valence-electron chi connectivity index (χ1n) is 6.51. The average molecular weight is 288 g/mol. The number of nitrogen functional groups attached to an aromatic ring is 1. The van der Waals surface area contributed by atoms with E-state index < -0.39 is 0 Å². The van der Waals surface area contributed by atoms with Gasteiger partial charge in [0, 0.05) is 23.2 Å². The highest BCUT2D eigenvalue weighted by Crippen LogP contribution is 2.36. The van der Waals surface area contributed by atoms with Gasteiger partial charge in [-0.15, -0.1) is 11.3 Å². The molecule has 5 heteroatoms. The molecule has 3 rings (SSSR count). The maximum absolute atomic E-state index is 12.5. The standard InChI is InChI=1S/C15H16N2O2S/c1-19-10-5-6-11-12(9-10)20-14(13(11)16)15(18)17-7-3-2-4-8-17/h2-3,5-6,9H,4,7-8,16H2,1H3. The molecule has 2 heterocycles. The number of nitrogens with zero attached hydrogens (tertiary/aromatic N) is 1. The number of fused-ring (bicyclic) bond motifs is 1. The van der Waals surface area contributed by atoms with Crippen LogP contribution < -0.4 is 10.5 Å². The summed E-state index contributed by atoms with van der Waals surface area (Å²) in [7, 11) is 1.63. The maximum Gasteiger partial charge on any atom is 0.266 e. The number of hydrogen-bond acceptors (Lipinski definition) is 4. The number of benzene rings is 1. The van der Waals surface area contributed by atoms with Gasteiger partial charge in [-0.3, -0.25) is 4.79 Å². The van der Waals surface area contributed by atoms with Gasteiger partial charge >= 0.3 is 0 Å². The van der Waals surface area contributed by atoms with Crippen molar-refractivity contribution in [1.29, 1.82) is 0 Å². The zero-order chi connectivity index (χ0) is 14.1. The van der Waals surface area contributed by atoms with Crippen LogP contribution in [0.1, 0.15) is 16.1 Å². The normalized spacial score (nSPS) is 14.8. The molecule has 1 aromatic carbocycles. The second-order valence-electron chi connectivity index (χ2n) is 4.72. The molecule has 0 unspecified atom stereocenters. The van der Waals surface area contributed by atoms with Crippen LogP contribution in [0.25, 0.3) is 10.1 Å². The van der Waals surface area contributed by atoms with Crippen molar-refractivity contribution < 1.29 is 9.53 Å². The third kappa shape index (κ3) is 2.14. The third-order valence-electron chi connectivity index (χ3n) is 3.48. The lowest BCUT2D eigenvalue weighted by atomic mass is 10.2. The molecule has 4 nitrogen and oxygen atoms in total. The molecule has 1 aliphatic rings. The van der Waals surface area contributed by atoms with Crippen molar-refractivity contribution >= 4 is 33.0 Å². The zero-order valence-corrected chi connectivity index (χ0v) is 12.1. The SMILES string of the molecule is COc1ccc2c(N)c(C(=O)N3CC=CCC3)sc2c1. The van der Waals surface area contributed by atoms with E-state index in [2.05, 4.69) is 6.08 Å². The Labute approximate surface area is 121 Å². The molecule has 0 aliphatic carbocycles. The van der Waals surface area contributed by atoms with Crippen molar-refractivity contribution in [2.24, 2.45) is 0 Å². The summed E-state index contributed by atoms with van der Waals surface area (Å²) in [6.45, 7) is 1.42. The first-order chi connectivity index (χ1) is 9.70. The Bertz CT molecular complexity index is 690. The summed E-state index contributed by atoms with van der Waals surface area (Å²) in [6.07, 6.45) is 5.03. The van der Waals surface area contributed by atoms with E-state index in [9.17, 15) is 4.79 Å². The van der Waals surface area contributed by atoms with Crippen LogP contribution in [0.4, 0.5) is 5.69 Å². The molecule has 0 saturated carbocycles. The second-order valence-corrected chi connectivity index (χ2v) is 5.77. The van der Waals surface area contributed by atoms with Crippen molar-refractivity contribution in [3.63, 3.8) is 0 Å². The van der Waals surface area contributed by atoms with E-state index in [1.54, 1.807) is 7.11 Å². The van der Waals surface area contributed by atoms with Crippen molar-refractivity contribution in [2.45, 2.75) is 6.42 Å². The number of carbonyl (C=O) groups excluding carboxylic acids is 1. The first-order valence-corrected chi connectivity index (χ1v) is 7.32. The fourth-order valence-corrected chi connectivity index (χ4v) is 3.47. The lowest BCUT2D eigenvalue weighted by Crippen LogP contribution is -2.33. The van der Waals surface area contributed by atoms with Crippen LogP contribution in [-0.2, 0) is 0 Å². The van der Waals surface area contributed by atoms with Crippen LogP contribution in [0.15, 0.2) is 30.4 Å². The largest absolute Gasteiger partial charge is 0.497 e. The summed E-state index contributed by atoms with van der Waals surface area (Å²) in [6, 6.07) is 5.69. The van der Waals surface area contributed by atoms with Gasteiger partial charge in [0.1, 0.15) is 10.6 Å². The van der Waals surface area contributed by atoms with E-state index in [-0.39, 0.29) is 5.91 Å². The Morgan fingerprint density at radius 2 is 2.25 bits per heavy atom. The van der Waals surface area contributed by atoms with E-state index in [1.807, 2.05) is 29.2 Å². The number of anilines is 1. The van der Waals surface area contributed by atoms with Gasteiger partial charge in [0.05, 0.1) is 12.8 Å². The van der Waals surface area contributed by atoms with E-state index in [0.29, 0.717) is 17.1 Å². The predicted molar refractivity (Wildman–Crippen MR) is 82.4 cm³/mol. The van der Waals surface area contributed by atoms with Crippen LogP contribution >= 0.6 is 11.3 Å². The maximum atomic E-state index is 12.5. The van der Waals surface area contributed by atoms with Gasteiger partial charge < -0.3 is 15.4 Å². The van der Waals surface area contributed by atoms with Crippen LogP contribution in [0.3, 0.4) is 0 Å². The van der Waals surface area contributed by atoms with Crippen molar-refractivity contribution in [3.05, 3.63) is 35.2 Å². The number of rotatable bonds is 2. The van der Waals surface area contributed by atoms with Gasteiger partial charge in [0.25, 0.3) is 5.91 Å². The highest BCUT2D eigenvalue weighted by molar-refractivity contribution is 7.21. The number of ether oxygens (including phenoxy) is 1. The summed E-state index contributed by atoms with van der Waals surface area (Å²) < 4.78 is 6.19. The third-order valence-corrected chi connectivity index (χ3v) is 4.63.